The molecule has 2 heteroatoms. The first-order valence-electron chi connectivity index (χ1n) is 16.0. The molecule has 0 saturated carbocycles. The zero-order valence-corrected chi connectivity index (χ0v) is 27.9. The molecule has 0 unspecified atom stereocenters. The average Bonchev–Trinajstić information content (AvgIpc) is 3.62. The maximum Gasteiger partial charge on any atom is 0.0737 e. The van der Waals surface area contributed by atoms with Gasteiger partial charge in [-0.2, -0.15) is 0 Å². The van der Waals surface area contributed by atoms with Crippen molar-refractivity contribution in [3.8, 4) is 22.4 Å². The molecule has 0 atom stereocenters. The van der Waals surface area contributed by atoms with Crippen molar-refractivity contribution in [2.24, 2.45) is 4.99 Å². The molecular formula is C43H44N2. The highest BCUT2D eigenvalue weighted by Crippen LogP contribution is 2.37. The van der Waals surface area contributed by atoms with Crippen LogP contribution in [0, 0.1) is 13.8 Å². The second kappa shape index (κ2) is 11.7. The van der Waals surface area contributed by atoms with Crippen LogP contribution in [0.15, 0.2) is 120 Å². The van der Waals surface area contributed by atoms with Crippen molar-refractivity contribution in [3.63, 3.8) is 0 Å². The summed E-state index contributed by atoms with van der Waals surface area (Å²) in [5, 5.41) is 0. The molecule has 0 bridgehead atoms. The Morgan fingerprint density at radius 2 is 1.02 bits per heavy atom. The van der Waals surface area contributed by atoms with Gasteiger partial charge in [-0.05, 0) is 70.7 Å². The fraction of sp³-hybridized carbons (Fsp3) is 0.233. The molecule has 0 saturated heterocycles. The highest BCUT2D eigenvalue weighted by atomic mass is 14.8. The van der Waals surface area contributed by atoms with Crippen LogP contribution in [-0.2, 0) is 10.8 Å². The second-order valence-electron chi connectivity index (χ2n) is 14.5. The van der Waals surface area contributed by atoms with E-state index in [-0.39, 0.29) is 10.8 Å². The molecule has 1 aromatic heterocycles. The van der Waals surface area contributed by atoms with Crippen LogP contribution in [0.4, 0.5) is 0 Å². The normalized spacial score (nSPS) is 14.5. The van der Waals surface area contributed by atoms with Gasteiger partial charge in [0.1, 0.15) is 0 Å². The monoisotopic (exact) mass is 588 g/mol. The van der Waals surface area contributed by atoms with Crippen molar-refractivity contribution < 1.29 is 0 Å². The minimum absolute atomic E-state index is 0.0961. The predicted molar refractivity (Wildman–Crippen MR) is 194 cm³/mol. The Labute approximate surface area is 269 Å². The third-order valence-electron chi connectivity index (χ3n) is 8.76. The maximum atomic E-state index is 5.25. The first kappa shape index (κ1) is 30.3. The number of aryl methyl sites for hydroxylation is 2. The molecule has 2 heterocycles. The summed E-state index contributed by atoms with van der Waals surface area (Å²) in [4.78, 5) is 9.03. The van der Waals surface area contributed by atoms with Crippen LogP contribution in [0.1, 0.15) is 80.6 Å². The highest BCUT2D eigenvalue weighted by molar-refractivity contribution is 6.18. The molecule has 0 aliphatic carbocycles. The van der Waals surface area contributed by atoms with E-state index in [4.69, 9.17) is 4.99 Å². The van der Waals surface area contributed by atoms with Gasteiger partial charge in [0.05, 0.1) is 11.4 Å². The first-order chi connectivity index (χ1) is 21.3. The molecule has 0 radical (unpaired) electrons. The molecular weight excluding hydrogens is 544 g/mol. The topological polar surface area (TPSA) is 28.1 Å². The number of nitrogens with zero attached hydrogens (tertiary/aromatic N) is 1. The van der Waals surface area contributed by atoms with Gasteiger partial charge in [0.25, 0.3) is 0 Å². The summed E-state index contributed by atoms with van der Waals surface area (Å²) in [6.45, 7) is 17.8. The molecule has 1 aliphatic rings. The molecule has 1 aliphatic heterocycles. The fourth-order valence-corrected chi connectivity index (χ4v) is 5.79. The van der Waals surface area contributed by atoms with Crippen LogP contribution in [-0.4, -0.2) is 10.7 Å². The lowest BCUT2D eigenvalue weighted by atomic mass is 9.86. The van der Waals surface area contributed by atoms with Crippen molar-refractivity contribution in [3.05, 3.63) is 154 Å². The van der Waals surface area contributed by atoms with E-state index >= 15 is 0 Å². The summed E-state index contributed by atoms with van der Waals surface area (Å²) in [6, 6.07) is 37.7. The Balaban J connectivity index is 1.50. The third-order valence-corrected chi connectivity index (χ3v) is 8.76. The first-order valence-corrected chi connectivity index (χ1v) is 16.0. The Morgan fingerprint density at radius 1 is 0.556 bits per heavy atom. The van der Waals surface area contributed by atoms with Crippen LogP contribution in [0.25, 0.3) is 34.0 Å². The smallest absolute Gasteiger partial charge is 0.0737 e. The minimum atomic E-state index is 0.0961. The van der Waals surface area contributed by atoms with Gasteiger partial charge in [-0.3, -0.25) is 0 Å². The number of rotatable bonds is 5. The number of benzene rings is 4. The van der Waals surface area contributed by atoms with Gasteiger partial charge in [0, 0.05) is 28.1 Å². The summed E-state index contributed by atoms with van der Waals surface area (Å²) >= 11 is 0. The fourth-order valence-electron chi connectivity index (χ4n) is 5.79. The minimum Gasteiger partial charge on any atom is -0.354 e. The van der Waals surface area contributed by atoms with E-state index in [1.165, 1.54) is 44.5 Å². The van der Waals surface area contributed by atoms with E-state index in [2.05, 4.69) is 176 Å². The lowest BCUT2D eigenvalue weighted by molar-refractivity contribution is 0.590. The van der Waals surface area contributed by atoms with Crippen molar-refractivity contribution in [2.45, 2.75) is 66.2 Å². The van der Waals surface area contributed by atoms with Gasteiger partial charge in [0.15, 0.2) is 0 Å². The molecule has 226 valence electrons. The molecule has 5 aromatic rings. The van der Waals surface area contributed by atoms with Crippen LogP contribution in [0.5, 0.6) is 0 Å². The largest absolute Gasteiger partial charge is 0.354 e. The number of aromatic nitrogens is 1. The molecule has 6 rings (SSSR count). The van der Waals surface area contributed by atoms with Gasteiger partial charge in [-0.1, -0.05) is 150 Å². The number of hydrogen-bond donors (Lipinski definition) is 1. The van der Waals surface area contributed by atoms with E-state index in [1.54, 1.807) is 0 Å². The molecule has 0 spiro atoms. The Bertz CT molecular complexity index is 1910. The molecule has 1 N–H and O–H groups in total. The van der Waals surface area contributed by atoms with Crippen LogP contribution >= 0.6 is 0 Å². The predicted octanol–water partition coefficient (Wildman–Crippen LogP) is 11.5. The van der Waals surface area contributed by atoms with Crippen molar-refractivity contribution in [1.82, 2.24) is 4.98 Å². The lowest BCUT2D eigenvalue weighted by Gasteiger charge is -2.19. The number of nitrogens with one attached hydrogen (secondary N) is 1. The van der Waals surface area contributed by atoms with Crippen LogP contribution in [0.2, 0.25) is 0 Å². The van der Waals surface area contributed by atoms with E-state index < -0.39 is 0 Å². The third kappa shape index (κ3) is 6.56. The van der Waals surface area contributed by atoms with E-state index in [0.717, 1.165) is 33.9 Å². The van der Waals surface area contributed by atoms with E-state index in [9.17, 15) is 0 Å². The number of aliphatic imine (C=N–C) groups is 1. The highest BCUT2D eigenvalue weighted by Gasteiger charge is 2.21. The maximum absolute atomic E-state index is 5.25. The van der Waals surface area contributed by atoms with Gasteiger partial charge in [0.2, 0.25) is 0 Å². The Kier molecular flexibility index (Phi) is 7.87. The number of hydrogen-bond acceptors (Lipinski definition) is 1. The summed E-state index contributed by atoms with van der Waals surface area (Å²) in [5.74, 6) is 0. The SMILES string of the molecule is Cc1ccc(C2=N/C(=C\c3[nH]c(-c4ccc(C)cc4)cc3-c3ccc(C(C)(C)C)cc3)C(c3ccc(C(C)(C)C)cc3)=C2)cc1. The zero-order valence-electron chi connectivity index (χ0n) is 27.9. The summed E-state index contributed by atoms with van der Waals surface area (Å²) in [5.41, 5.74) is 16.4. The van der Waals surface area contributed by atoms with Crippen molar-refractivity contribution in [2.75, 3.05) is 0 Å². The molecule has 0 fully saturated rings. The quantitative estimate of drug-likeness (QED) is 0.212. The van der Waals surface area contributed by atoms with Crippen molar-refractivity contribution >= 4 is 17.4 Å². The van der Waals surface area contributed by atoms with Gasteiger partial charge in [-0.15, -0.1) is 0 Å². The van der Waals surface area contributed by atoms with Crippen LogP contribution < -0.4 is 0 Å². The number of allylic oxidation sites excluding steroid dienone is 2. The van der Waals surface area contributed by atoms with Gasteiger partial charge < -0.3 is 4.98 Å². The Hall–Kier alpha value is -4.69. The van der Waals surface area contributed by atoms with Gasteiger partial charge in [-0.25, -0.2) is 4.99 Å². The summed E-state index contributed by atoms with van der Waals surface area (Å²) in [6.07, 6.45) is 4.47. The van der Waals surface area contributed by atoms with Gasteiger partial charge >= 0.3 is 0 Å². The Morgan fingerprint density at radius 3 is 1.53 bits per heavy atom. The molecule has 45 heavy (non-hydrogen) atoms. The summed E-state index contributed by atoms with van der Waals surface area (Å²) in [7, 11) is 0. The van der Waals surface area contributed by atoms with E-state index in [1.807, 2.05) is 0 Å². The van der Waals surface area contributed by atoms with Crippen LogP contribution in [0.3, 0.4) is 0 Å². The molecule has 4 aromatic carbocycles. The lowest BCUT2D eigenvalue weighted by Crippen LogP contribution is -2.10. The van der Waals surface area contributed by atoms with E-state index in [0.29, 0.717) is 0 Å². The molecule has 0 amide bonds. The van der Waals surface area contributed by atoms with Crippen molar-refractivity contribution in [1.29, 1.82) is 0 Å². The average molecular weight is 589 g/mol. The summed E-state index contributed by atoms with van der Waals surface area (Å²) < 4.78 is 0. The molecule has 2 nitrogen and oxygen atoms in total. The standard InChI is InChI=1S/C43H44N2/c1-28-9-13-32(14-10-28)38-25-36(30-17-21-34(22-18-30)42(3,4)5)40(44-38)27-41-37(31-19-23-35(24-20-31)43(6,7)8)26-39(45-41)33-15-11-29(2)12-16-33/h9-27,44H,1-8H3/b41-27-. The number of aromatic amines is 1. The zero-order chi connectivity index (χ0) is 31.9. The second-order valence-corrected chi connectivity index (χ2v) is 14.5. The number of H-pyrrole nitrogens is 1.